The maximum Gasteiger partial charge on any atom is 0.273 e. The molecule has 6 heteroatoms. The van der Waals surface area contributed by atoms with E-state index in [2.05, 4.69) is 33.2 Å². The molecular formula is C17H22BrN3O2. The van der Waals surface area contributed by atoms with Crippen LogP contribution in [0.4, 0.5) is 0 Å². The molecule has 1 aromatic heterocycles. The molecule has 2 rings (SSSR count). The number of carbonyl (C=O) groups is 1. The molecule has 0 aliphatic heterocycles. The van der Waals surface area contributed by atoms with Gasteiger partial charge in [-0.05, 0) is 31.0 Å². The zero-order valence-corrected chi connectivity index (χ0v) is 15.0. The molecule has 0 aliphatic carbocycles. The third-order valence-electron chi connectivity index (χ3n) is 3.66. The van der Waals surface area contributed by atoms with E-state index in [0.717, 1.165) is 29.3 Å². The first kappa shape index (κ1) is 17.7. The molecule has 2 aromatic rings. The van der Waals surface area contributed by atoms with Crippen molar-refractivity contribution in [3.63, 3.8) is 0 Å². The highest BCUT2D eigenvalue weighted by Crippen LogP contribution is 2.18. The van der Waals surface area contributed by atoms with Crippen LogP contribution in [0.5, 0.6) is 0 Å². The maximum atomic E-state index is 12.3. The van der Waals surface area contributed by atoms with Crippen molar-refractivity contribution in [1.82, 2.24) is 10.3 Å². The van der Waals surface area contributed by atoms with E-state index in [1.54, 1.807) is 0 Å². The van der Waals surface area contributed by atoms with Crippen LogP contribution in [0.1, 0.15) is 67.1 Å². The highest BCUT2D eigenvalue weighted by atomic mass is 79.9. The number of aromatic nitrogens is 1. The molecular weight excluding hydrogens is 358 g/mol. The van der Waals surface area contributed by atoms with E-state index in [0.29, 0.717) is 5.89 Å². The van der Waals surface area contributed by atoms with Gasteiger partial charge in [-0.3, -0.25) is 4.79 Å². The first-order chi connectivity index (χ1) is 11.0. The van der Waals surface area contributed by atoms with Gasteiger partial charge in [0.25, 0.3) is 5.91 Å². The highest BCUT2D eigenvalue weighted by Gasteiger charge is 2.18. The molecule has 0 aliphatic rings. The molecule has 0 bridgehead atoms. The average Bonchev–Trinajstić information content (AvgIpc) is 3.03. The minimum atomic E-state index is -0.266. The molecule has 1 heterocycles. The Morgan fingerprint density at radius 2 is 2.09 bits per heavy atom. The van der Waals surface area contributed by atoms with Crippen molar-refractivity contribution in [2.75, 3.05) is 0 Å². The Bertz CT molecular complexity index is 640. The van der Waals surface area contributed by atoms with Crippen LogP contribution in [0.2, 0.25) is 0 Å². The van der Waals surface area contributed by atoms with Gasteiger partial charge in [0.15, 0.2) is 5.69 Å². The van der Waals surface area contributed by atoms with Crippen molar-refractivity contribution in [3.05, 3.63) is 52.1 Å². The van der Waals surface area contributed by atoms with Gasteiger partial charge in [-0.25, -0.2) is 4.98 Å². The summed E-state index contributed by atoms with van der Waals surface area (Å²) in [5, 5.41) is 2.91. The fourth-order valence-corrected chi connectivity index (χ4v) is 2.48. The SMILES string of the molecule is CCCCC(N)c1nc(C(=O)NC(C)c2ccc(Br)cc2)co1. The maximum absolute atomic E-state index is 12.3. The second-order valence-corrected chi connectivity index (χ2v) is 6.48. The number of unbranched alkanes of at least 4 members (excludes halogenated alkanes) is 1. The lowest BCUT2D eigenvalue weighted by molar-refractivity contribution is 0.0935. The Morgan fingerprint density at radius 1 is 1.39 bits per heavy atom. The molecule has 0 spiro atoms. The van der Waals surface area contributed by atoms with Gasteiger partial charge in [-0.2, -0.15) is 0 Å². The second-order valence-electron chi connectivity index (χ2n) is 5.57. The van der Waals surface area contributed by atoms with Gasteiger partial charge in [-0.15, -0.1) is 0 Å². The molecule has 0 fully saturated rings. The highest BCUT2D eigenvalue weighted by molar-refractivity contribution is 9.10. The zero-order valence-electron chi connectivity index (χ0n) is 13.4. The first-order valence-electron chi connectivity index (χ1n) is 7.78. The molecule has 1 amide bonds. The summed E-state index contributed by atoms with van der Waals surface area (Å²) in [5.74, 6) is 0.151. The lowest BCUT2D eigenvalue weighted by Gasteiger charge is -2.13. The minimum absolute atomic E-state index is 0.121. The van der Waals surface area contributed by atoms with Gasteiger partial charge in [0.2, 0.25) is 5.89 Å². The van der Waals surface area contributed by atoms with Crippen molar-refractivity contribution < 1.29 is 9.21 Å². The van der Waals surface area contributed by atoms with Crippen molar-refractivity contribution >= 4 is 21.8 Å². The molecule has 124 valence electrons. The zero-order chi connectivity index (χ0) is 16.8. The van der Waals surface area contributed by atoms with Crippen LogP contribution >= 0.6 is 15.9 Å². The summed E-state index contributed by atoms with van der Waals surface area (Å²) < 4.78 is 6.35. The summed E-state index contributed by atoms with van der Waals surface area (Å²) >= 11 is 3.39. The third-order valence-corrected chi connectivity index (χ3v) is 4.19. The van der Waals surface area contributed by atoms with Gasteiger partial charge in [-0.1, -0.05) is 47.8 Å². The van der Waals surface area contributed by atoms with Gasteiger partial charge in [0, 0.05) is 4.47 Å². The van der Waals surface area contributed by atoms with Crippen LogP contribution in [0.3, 0.4) is 0 Å². The number of hydrogen-bond donors (Lipinski definition) is 2. The molecule has 0 radical (unpaired) electrons. The topological polar surface area (TPSA) is 81.1 Å². The molecule has 0 saturated heterocycles. The monoisotopic (exact) mass is 379 g/mol. The molecule has 0 saturated carbocycles. The van der Waals surface area contributed by atoms with Crippen LogP contribution in [-0.4, -0.2) is 10.9 Å². The van der Waals surface area contributed by atoms with Crippen LogP contribution in [0.25, 0.3) is 0 Å². The largest absolute Gasteiger partial charge is 0.446 e. The van der Waals surface area contributed by atoms with Crippen molar-refractivity contribution in [2.24, 2.45) is 5.73 Å². The minimum Gasteiger partial charge on any atom is -0.446 e. The number of oxazole rings is 1. The summed E-state index contributed by atoms with van der Waals surface area (Å²) in [6, 6.07) is 7.43. The Kier molecular flexibility index (Phi) is 6.36. The third kappa shape index (κ3) is 4.91. The number of benzene rings is 1. The van der Waals surface area contributed by atoms with Gasteiger partial charge in [0.1, 0.15) is 6.26 Å². The molecule has 3 N–H and O–H groups in total. The normalized spacial score (nSPS) is 13.6. The molecule has 2 unspecified atom stereocenters. The fraction of sp³-hybridized carbons (Fsp3) is 0.412. The second kappa shape index (κ2) is 8.26. The lowest BCUT2D eigenvalue weighted by atomic mass is 10.1. The number of amides is 1. The van der Waals surface area contributed by atoms with Gasteiger partial charge in [0.05, 0.1) is 12.1 Å². The lowest BCUT2D eigenvalue weighted by Crippen LogP contribution is -2.27. The van der Waals surface area contributed by atoms with E-state index in [4.69, 9.17) is 10.2 Å². The summed E-state index contributed by atoms with van der Waals surface area (Å²) in [6.45, 7) is 4.03. The van der Waals surface area contributed by atoms with Crippen molar-refractivity contribution in [2.45, 2.75) is 45.2 Å². The van der Waals surface area contributed by atoms with Crippen LogP contribution in [-0.2, 0) is 0 Å². The first-order valence-corrected chi connectivity index (χ1v) is 8.58. The van der Waals surface area contributed by atoms with E-state index >= 15 is 0 Å². The molecule has 5 nitrogen and oxygen atoms in total. The summed E-state index contributed by atoms with van der Waals surface area (Å²) in [6.07, 6.45) is 4.23. The Hall–Kier alpha value is -1.66. The van der Waals surface area contributed by atoms with E-state index in [1.807, 2.05) is 31.2 Å². The Balaban J connectivity index is 1.98. The Labute approximate surface area is 144 Å². The van der Waals surface area contributed by atoms with Gasteiger partial charge < -0.3 is 15.5 Å². The number of nitrogens with one attached hydrogen (secondary N) is 1. The van der Waals surface area contributed by atoms with Crippen LogP contribution in [0.15, 0.2) is 39.4 Å². The van der Waals surface area contributed by atoms with Crippen molar-refractivity contribution in [1.29, 1.82) is 0 Å². The van der Waals surface area contributed by atoms with E-state index in [-0.39, 0.29) is 23.7 Å². The number of halogens is 1. The molecule has 2 atom stereocenters. The smallest absolute Gasteiger partial charge is 0.273 e. The van der Waals surface area contributed by atoms with Crippen LogP contribution < -0.4 is 11.1 Å². The van der Waals surface area contributed by atoms with Crippen LogP contribution in [0, 0.1) is 0 Å². The average molecular weight is 380 g/mol. The molecule has 1 aromatic carbocycles. The number of carbonyl (C=O) groups excluding carboxylic acids is 1. The number of nitrogens with zero attached hydrogens (tertiary/aromatic N) is 1. The Morgan fingerprint density at radius 3 is 2.74 bits per heavy atom. The predicted molar refractivity (Wildman–Crippen MR) is 93.0 cm³/mol. The fourth-order valence-electron chi connectivity index (χ4n) is 2.22. The number of nitrogens with two attached hydrogens (primary N) is 1. The number of rotatable bonds is 7. The standard InChI is InChI=1S/C17H22BrN3O2/c1-3-4-5-14(19)17-21-15(10-23-17)16(22)20-11(2)12-6-8-13(18)9-7-12/h6-11,14H,3-5,19H2,1-2H3,(H,20,22). The van der Waals surface area contributed by atoms with E-state index in [1.165, 1.54) is 6.26 Å². The summed E-state index contributed by atoms with van der Waals surface area (Å²) in [4.78, 5) is 16.5. The quantitative estimate of drug-likeness (QED) is 0.757. The van der Waals surface area contributed by atoms with E-state index in [9.17, 15) is 4.79 Å². The predicted octanol–water partition coefficient (Wildman–Crippen LogP) is 4.12. The van der Waals surface area contributed by atoms with E-state index < -0.39 is 0 Å². The van der Waals surface area contributed by atoms with Crippen molar-refractivity contribution in [3.8, 4) is 0 Å². The summed E-state index contributed by atoms with van der Waals surface area (Å²) in [5.41, 5.74) is 7.29. The summed E-state index contributed by atoms with van der Waals surface area (Å²) in [7, 11) is 0. The number of hydrogen-bond acceptors (Lipinski definition) is 4. The van der Waals surface area contributed by atoms with Gasteiger partial charge >= 0.3 is 0 Å². The molecule has 23 heavy (non-hydrogen) atoms.